The average Bonchev–Trinajstić information content (AvgIpc) is 2.67. The molecule has 0 unspecified atom stereocenters. The second-order valence-electron chi connectivity index (χ2n) is 3.66. The summed E-state index contributed by atoms with van der Waals surface area (Å²) in [6.45, 7) is 4.23. The number of para-hydroxylation sites is 2. The molecule has 0 fully saturated rings. The summed E-state index contributed by atoms with van der Waals surface area (Å²) in [5, 5.41) is 3.31. The molecule has 2 rings (SSSR count). The van der Waals surface area contributed by atoms with Crippen molar-refractivity contribution in [1.29, 1.82) is 0 Å². The van der Waals surface area contributed by atoms with Gasteiger partial charge in [-0.05, 0) is 31.6 Å². The monoisotopic (exact) mass is 203 g/mol. The van der Waals surface area contributed by atoms with Crippen LogP contribution in [0.15, 0.2) is 24.3 Å². The van der Waals surface area contributed by atoms with Crippen molar-refractivity contribution < 1.29 is 0 Å². The van der Waals surface area contributed by atoms with Crippen molar-refractivity contribution in [2.45, 2.75) is 19.8 Å². The van der Waals surface area contributed by atoms with Gasteiger partial charge in [0.05, 0.1) is 11.0 Å². The lowest BCUT2D eigenvalue weighted by atomic mass is 10.3. The van der Waals surface area contributed by atoms with Gasteiger partial charge in [-0.1, -0.05) is 19.1 Å². The van der Waals surface area contributed by atoms with Crippen molar-refractivity contribution in [3.8, 4) is 0 Å². The summed E-state index contributed by atoms with van der Waals surface area (Å²) in [6, 6.07) is 8.16. The summed E-state index contributed by atoms with van der Waals surface area (Å²) in [4.78, 5) is 7.86. The molecule has 3 heteroatoms. The summed E-state index contributed by atoms with van der Waals surface area (Å²) in [5.74, 6) is 1.09. The van der Waals surface area contributed by atoms with Crippen molar-refractivity contribution in [1.82, 2.24) is 15.3 Å². The number of nitrogens with one attached hydrogen (secondary N) is 2. The van der Waals surface area contributed by atoms with Crippen LogP contribution in [0.3, 0.4) is 0 Å². The van der Waals surface area contributed by atoms with Crippen LogP contribution in [-0.2, 0) is 6.42 Å². The van der Waals surface area contributed by atoms with E-state index in [0.29, 0.717) is 0 Å². The van der Waals surface area contributed by atoms with Crippen LogP contribution in [0.5, 0.6) is 0 Å². The Labute approximate surface area is 89.9 Å². The van der Waals surface area contributed by atoms with Gasteiger partial charge in [-0.3, -0.25) is 0 Å². The van der Waals surface area contributed by atoms with E-state index in [-0.39, 0.29) is 0 Å². The molecule has 0 bridgehead atoms. The van der Waals surface area contributed by atoms with Crippen molar-refractivity contribution in [2.24, 2.45) is 0 Å². The third kappa shape index (κ3) is 2.57. The second-order valence-corrected chi connectivity index (χ2v) is 3.66. The fourth-order valence-corrected chi connectivity index (χ4v) is 1.68. The van der Waals surface area contributed by atoms with Crippen LogP contribution < -0.4 is 5.32 Å². The van der Waals surface area contributed by atoms with E-state index < -0.39 is 0 Å². The van der Waals surface area contributed by atoms with Crippen LogP contribution in [0.4, 0.5) is 0 Å². The number of rotatable bonds is 5. The molecule has 2 N–H and O–H groups in total. The maximum atomic E-state index is 4.53. The lowest BCUT2D eigenvalue weighted by Gasteiger charge is -1.98. The van der Waals surface area contributed by atoms with Crippen LogP contribution >= 0.6 is 0 Å². The molecule has 0 aliphatic carbocycles. The third-order valence-corrected chi connectivity index (χ3v) is 2.46. The molecule has 0 amide bonds. The van der Waals surface area contributed by atoms with Gasteiger partial charge < -0.3 is 10.3 Å². The predicted octanol–water partition coefficient (Wildman–Crippen LogP) is 2.10. The van der Waals surface area contributed by atoms with Gasteiger partial charge in [-0.25, -0.2) is 4.98 Å². The third-order valence-electron chi connectivity index (χ3n) is 2.46. The van der Waals surface area contributed by atoms with E-state index >= 15 is 0 Å². The van der Waals surface area contributed by atoms with Gasteiger partial charge in [-0.2, -0.15) is 0 Å². The summed E-state index contributed by atoms with van der Waals surface area (Å²) in [6.07, 6.45) is 2.15. The Balaban J connectivity index is 1.97. The first-order valence-corrected chi connectivity index (χ1v) is 5.54. The van der Waals surface area contributed by atoms with Crippen molar-refractivity contribution in [3.63, 3.8) is 0 Å². The minimum atomic E-state index is 1.02. The molecule has 80 valence electrons. The molecule has 2 aromatic rings. The highest BCUT2D eigenvalue weighted by Crippen LogP contribution is 2.10. The van der Waals surface area contributed by atoms with E-state index in [0.717, 1.165) is 42.8 Å². The van der Waals surface area contributed by atoms with Crippen molar-refractivity contribution in [2.75, 3.05) is 13.1 Å². The topological polar surface area (TPSA) is 40.7 Å². The van der Waals surface area contributed by atoms with E-state index in [1.807, 2.05) is 18.2 Å². The van der Waals surface area contributed by atoms with Gasteiger partial charge in [0.2, 0.25) is 0 Å². The number of aryl methyl sites for hydroxylation is 1. The van der Waals surface area contributed by atoms with Crippen LogP contribution in [0.2, 0.25) is 0 Å². The SMILES string of the molecule is CCNCCCc1nc2ccccc2[nH]1. The number of hydrogen-bond donors (Lipinski definition) is 2. The van der Waals surface area contributed by atoms with Crippen LogP contribution in [-0.4, -0.2) is 23.1 Å². The number of imidazole rings is 1. The second kappa shape index (κ2) is 4.94. The number of aromatic amines is 1. The molecule has 1 aromatic heterocycles. The zero-order valence-corrected chi connectivity index (χ0v) is 9.09. The molecule has 3 nitrogen and oxygen atoms in total. The highest BCUT2D eigenvalue weighted by atomic mass is 14.9. The first-order chi connectivity index (χ1) is 7.40. The quantitative estimate of drug-likeness (QED) is 0.731. The highest BCUT2D eigenvalue weighted by molar-refractivity contribution is 5.74. The lowest BCUT2D eigenvalue weighted by Crippen LogP contribution is -2.14. The molecule has 0 radical (unpaired) electrons. The van der Waals surface area contributed by atoms with Crippen LogP contribution in [0.1, 0.15) is 19.2 Å². The Morgan fingerprint density at radius 1 is 1.33 bits per heavy atom. The maximum absolute atomic E-state index is 4.53. The van der Waals surface area contributed by atoms with Crippen molar-refractivity contribution >= 4 is 11.0 Å². The molecular formula is C12H17N3. The van der Waals surface area contributed by atoms with E-state index in [1.165, 1.54) is 0 Å². The van der Waals surface area contributed by atoms with E-state index in [9.17, 15) is 0 Å². The van der Waals surface area contributed by atoms with E-state index in [1.54, 1.807) is 0 Å². The smallest absolute Gasteiger partial charge is 0.107 e. The minimum absolute atomic E-state index is 1.02. The normalized spacial score (nSPS) is 11.0. The van der Waals surface area contributed by atoms with Crippen LogP contribution in [0, 0.1) is 0 Å². The Hall–Kier alpha value is -1.35. The Bertz CT molecular complexity index is 386. The predicted molar refractivity (Wildman–Crippen MR) is 63.0 cm³/mol. The van der Waals surface area contributed by atoms with Gasteiger partial charge in [0.15, 0.2) is 0 Å². The fraction of sp³-hybridized carbons (Fsp3) is 0.417. The number of hydrogen-bond acceptors (Lipinski definition) is 2. The van der Waals surface area contributed by atoms with E-state index in [4.69, 9.17) is 0 Å². The molecular weight excluding hydrogens is 186 g/mol. The van der Waals surface area contributed by atoms with Gasteiger partial charge in [0.1, 0.15) is 5.82 Å². The molecule has 0 aliphatic heterocycles. The number of benzene rings is 1. The molecule has 1 aromatic carbocycles. The zero-order chi connectivity index (χ0) is 10.5. The van der Waals surface area contributed by atoms with Crippen LogP contribution in [0.25, 0.3) is 11.0 Å². The molecule has 0 spiro atoms. The maximum Gasteiger partial charge on any atom is 0.107 e. The minimum Gasteiger partial charge on any atom is -0.342 e. The summed E-state index contributed by atoms with van der Waals surface area (Å²) in [7, 11) is 0. The summed E-state index contributed by atoms with van der Waals surface area (Å²) in [5.41, 5.74) is 2.20. The van der Waals surface area contributed by atoms with Crippen molar-refractivity contribution in [3.05, 3.63) is 30.1 Å². The Kier molecular flexibility index (Phi) is 3.35. The number of aromatic nitrogens is 2. The summed E-state index contributed by atoms with van der Waals surface area (Å²) < 4.78 is 0. The van der Waals surface area contributed by atoms with E-state index in [2.05, 4.69) is 28.3 Å². The largest absolute Gasteiger partial charge is 0.342 e. The summed E-state index contributed by atoms with van der Waals surface area (Å²) >= 11 is 0. The lowest BCUT2D eigenvalue weighted by molar-refractivity contribution is 0.663. The highest BCUT2D eigenvalue weighted by Gasteiger charge is 2.00. The zero-order valence-electron chi connectivity index (χ0n) is 9.09. The molecule has 1 heterocycles. The first kappa shape index (κ1) is 10.2. The van der Waals surface area contributed by atoms with Gasteiger partial charge in [-0.15, -0.1) is 0 Å². The molecule has 0 aliphatic rings. The number of fused-ring (bicyclic) bond motifs is 1. The standard InChI is InChI=1S/C12H17N3/c1-2-13-9-5-8-12-14-10-6-3-4-7-11(10)15-12/h3-4,6-7,13H,2,5,8-9H2,1H3,(H,14,15). The van der Waals surface area contributed by atoms with Gasteiger partial charge >= 0.3 is 0 Å². The number of H-pyrrole nitrogens is 1. The van der Waals surface area contributed by atoms with Gasteiger partial charge in [0, 0.05) is 6.42 Å². The Morgan fingerprint density at radius 3 is 3.00 bits per heavy atom. The number of nitrogens with zero attached hydrogens (tertiary/aromatic N) is 1. The molecule has 0 saturated heterocycles. The fourth-order valence-electron chi connectivity index (χ4n) is 1.68. The molecule has 0 saturated carbocycles. The first-order valence-electron chi connectivity index (χ1n) is 5.54. The molecule has 0 atom stereocenters. The average molecular weight is 203 g/mol. The van der Waals surface area contributed by atoms with Gasteiger partial charge in [0.25, 0.3) is 0 Å². The molecule has 15 heavy (non-hydrogen) atoms. The Morgan fingerprint density at radius 2 is 2.20 bits per heavy atom.